The van der Waals surface area contributed by atoms with E-state index in [0.29, 0.717) is 19.4 Å². The molecule has 2 amide bonds. The smallest absolute Gasteiger partial charge is 0.233 e. The standard InChI is InChI=1S/C16H27NO3/c1-10(2)14(19)11(3)7-8-17-13(18)9-12(15(17)20)16(4,5)6/h10-12H,7-9H2,1-6H3. The zero-order valence-corrected chi connectivity index (χ0v) is 13.5. The first-order valence-corrected chi connectivity index (χ1v) is 7.43. The molecular formula is C16H27NO3. The zero-order chi connectivity index (χ0) is 15.7. The number of imide groups is 1. The van der Waals surface area contributed by atoms with E-state index in [-0.39, 0.29) is 40.8 Å². The van der Waals surface area contributed by atoms with Crippen LogP contribution in [0.2, 0.25) is 0 Å². The predicted octanol–water partition coefficient (Wildman–Crippen LogP) is 2.66. The van der Waals surface area contributed by atoms with Crippen LogP contribution in [0.25, 0.3) is 0 Å². The van der Waals surface area contributed by atoms with Gasteiger partial charge in [-0.15, -0.1) is 0 Å². The van der Waals surface area contributed by atoms with Gasteiger partial charge in [0, 0.05) is 24.8 Å². The molecule has 1 heterocycles. The SMILES string of the molecule is CC(C)C(=O)C(C)CCN1C(=O)CC(C(C)(C)C)C1=O. The van der Waals surface area contributed by atoms with Crippen LogP contribution in [0.1, 0.15) is 54.4 Å². The van der Waals surface area contributed by atoms with Crippen LogP contribution in [0.5, 0.6) is 0 Å². The highest BCUT2D eigenvalue weighted by Crippen LogP contribution is 2.35. The van der Waals surface area contributed by atoms with Gasteiger partial charge in [-0.25, -0.2) is 0 Å². The highest BCUT2D eigenvalue weighted by Gasteiger charge is 2.44. The van der Waals surface area contributed by atoms with Crippen LogP contribution in [-0.4, -0.2) is 29.0 Å². The van der Waals surface area contributed by atoms with E-state index in [4.69, 9.17) is 0 Å². The fourth-order valence-corrected chi connectivity index (χ4v) is 2.63. The molecule has 1 rings (SSSR count). The average Bonchev–Trinajstić information content (AvgIpc) is 2.60. The van der Waals surface area contributed by atoms with Gasteiger partial charge in [0.15, 0.2) is 0 Å². The summed E-state index contributed by atoms with van der Waals surface area (Å²) in [5.41, 5.74) is -0.194. The first kappa shape index (κ1) is 16.9. The molecular weight excluding hydrogens is 254 g/mol. The highest BCUT2D eigenvalue weighted by atomic mass is 16.2. The summed E-state index contributed by atoms with van der Waals surface area (Å²) < 4.78 is 0. The van der Waals surface area contributed by atoms with Crippen molar-refractivity contribution < 1.29 is 14.4 Å². The second-order valence-corrected chi connectivity index (χ2v) is 7.25. The van der Waals surface area contributed by atoms with E-state index in [1.807, 2.05) is 41.5 Å². The number of amides is 2. The van der Waals surface area contributed by atoms with Crippen LogP contribution in [0, 0.1) is 23.2 Å². The van der Waals surface area contributed by atoms with Gasteiger partial charge in [0.25, 0.3) is 0 Å². The maximum absolute atomic E-state index is 12.3. The summed E-state index contributed by atoms with van der Waals surface area (Å²) in [4.78, 5) is 37.5. The lowest BCUT2D eigenvalue weighted by atomic mass is 9.80. The second-order valence-electron chi connectivity index (χ2n) is 7.25. The molecule has 0 radical (unpaired) electrons. The first-order valence-electron chi connectivity index (χ1n) is 7.43. The van der Waals surface area contributed by atoms with Crippen LogP contribution in [0.15, 0.2) is 0 Å². The summed E-state index contributed by atoms with van der Waals surface area (Å²) in [7, 11) is 0. The summed E-state index contributed by atoms with van der Waals surface area (Å²) in [6.45, 7) is 11.9. The Balaban J connectivity index is 2.63. The molecule has 0 spiro atoms. The average molecular weight is 281 g/mol. The van der Waals surface area contributed by atoms with Crippen LogP contribution >= 0.6 is 0 Å². The molecule has 4 nitrogen and oxygen atoms in total. The third-order valence-electron chi connectivity index (χ3n) is 4.13. The Morgan fingerprint density at radius 3 is 2.20 bits per heavy atom. The van der Waals surface area contributed by atoms with E-state index in [1.165, 1.54) is 4.90 Å². The van der Waals surface area contributed by atoms with Crippen molar-refractivity contribution in [3.63, 3.8) is 0 Å². The van der Waals surface area contributed by atoms with Crippen molar-refractivity contribution in [1.29, 1.82) is 0 Å². The van der Waals surface area contributed by atoms with Crippen molar-refractivity contribution in [3.8, 4) is 0 Å². The third kappa shape index (κ3) is 3.68. The van der Waals surface area contributed by atoms with Crippen LogP contribution in [0.3, 0.4) is 0 Å². The Hall–Kier alpha value is -1.19. The Labute approximate surface area is 121 Å². The normalized spacial score (nSPS) is 21.8. The van der Waals surface area contributed by atoms with Gasteiger partial charge in [-0.3, -0.25) is 19.3 Å². The number of nitrogens with zero attached hydrogens (tertiary/aromatic N) is 1. The second kappa shape index (κ2) is 6.06. The number of carbonyl (C=O) groups excluding carboxylic acids is 3. The number of rotatable bonds is 5. The molecule has 1 aliphatic rings. The Morgan fingerprint density at radius 1 is 1.25 bits per heavy atom. The van der Waals surface area contributed by atoms with E-state index in [1.54, 1.807) is 0 Å². The molecule has 20 heavy (non-hydrogen) atoms. The lowest BCUT2D eigenvalue weighted by Gasteiger charge is -2.25. The number of hydrogen-bond donors (Lipinski definition) is 0. The molecule has 4 heteroatoms. The zero-order valence-electron chi connectivity index (χ0n) is 13.5. The van der Waals surface area contributed by atoms with Gasteiger partial charge in [-0.2, -0.15) is 0 Å². The number of hydrogen-bond acceptors (Lipinski definition) is 3. The van der Waals surface area contributed by atoms with Gasteiger partial charge >= 0.3 is 0 Å². The Bertz CT molecular complexity index is 406. The molecule has 0 bridgehead atoms. The van der Waals surface area contributed by atoms with Gasteiger partial charge < -0.3 is 0 Å². The highest BCUT2D eigenvalue weighted by molar-refractivity contribution is 6.03. The molecule has 0 aromatic carbocycles. The van der Waals surface area contributed by atoms with E-state index >= 15 is 0 Å². The quantitative estimate of drug-likeness (QED) is 0.728. The van der Waals surface area contributed by atoms with E-state index in [0.717, 1.165) is 0 Å². The molecule has 2 atom stereocenters. The largest absolute Gasteiger partial charge is 0.299 e. The van der Waals surface area contributed by atoms with Crippen LogP contribution in [0.4, 0.5) is 0 Å². The molecule has 1 fully saturated rings. The number of Topliss-reactive ketones (excluding diaryl/α,β-unsaturated/α-hetero) is 1. The van der Waals surface area contributed by atoms with E-state index < -0.39 is 0 Å². The van der Waals surface area contributed by atoms with E-state index in [2.05, 4.69) is 0 Å². The number of ketones is 1. The molecule has 1 aliphatic heterocycles. The predicted molar refractivity (Wildman–Crippen MR) is 77.9 cm³/mol. The van der Waals surface area contributed by atoms with Crippen LogP contribution < -0.4 is 0 Å². The Kier molecular flexibility index (Phi) is 5.11. The molecule has 0 N–H and O–H groups in total. The molecule has 0 aliphatic carbocycles. The van der Waals surface area contributed by atoms with Crippen molar-refractivity contribution in [2.24, 2.45) is 23.2 Å². The molecule has 114 valence electrons. The Morgan fingerprint density at radius 2 is 1.80 bits per heavy atom. The van der Waals surface area contributed by atoms with Gasteiger partial charge in [0.1, 0.15) is 5.78 Å². The minimum absolute atomic E-state index is 0.00250. The molecule has 1 saturated heterocycles. The lowest BCUT2D eigenvalue weighted by molar-refractivity contribution is -0.141. The summed E-state index contributed by atoms with van der Waals surface area (Å²) in [5, 5.41) is 0. The van der Waals surface area contributed by atoms with Gasteiger partial charge in [-0.1, -0.05) is 41.5 Å². The molecule has 0 aromatic heterocycles. The fraction of sp³-hybridized carbons (Fsp3) is 0.812. The fourth-order valence-electron chi connectivity index (χ4n) is 2.63. The minimum atomic E-state index is -0.230. The van der Waals surface area contributed by atoms with Gasteiger partial charge in [-0.05, 0) is 11.8 Å². The topological polar surface area (TPSA) is 54.5 Å². The van der Waals surface area contributed by atoms with Crippen molar-refractivity contribution in [2.75, 3.05) is 6.54 Å². The number of carbonyl (C=O) groups is 3. The maximum Gasteiger partial charge on any atom is 0.233 e. The van der Waals surface area contributed by atoms with Crippen molar-refractivity contribution in [2.45, 2.75) is 54.4 Å². The van der Waals surface area contributed by atoms with Crippen LogP contribution in [-0.2, 0) is 14.4 Å². The van der Waals surface area contributed by atoms with Gasteiger partial charge in [0.2, 0.25) is 11.8 Å². The summed E-state index contributed by atoms with van der Waals surface area (Å²) in [6, 6.07) is 0. The van der Waals surface area contributed by atoms with E-state index in [9.17, 15) is 14.4 Å². The molecule has 0 aromatic rings. The third-order valence-corrected chi connectivity index (χ3v) is 4.13. The van der Waals surface area contributed by atoms with Gasteiger partial charge in [0.05, 0.1) is 5.92 Å². The molecule has 0 saturated carbocycles. The minimum Gasteiger partial charge on any atom is -0.299 e. The number of likely N-dealkylation sites (tertiary alicyclic amines) is 1. The van der Waals surface area contributed by atoms with Crippen molar-refractivity contribution in [1.82, 2.24) is 4.90 Å². The van der Waals surface area contributed by atoms with Crippen molar-refractivity contribution >= 4 is 17.6 Å². The summed E-state index contributed by atoms with van der Waals surface area (Å²) in [6.07, 6.45) is 0.861. The summed E-state index contributed by atoms with van der Waals surface area (Å²) >= 11 is 0. The monoisotopic (exact) mass is 281 g/mol. The van der Waals surface area contributed by atoms with Crippen molar-refractivity contribution in [3.05, 3.63) is 0 Å². The molecule has 2 unspecified atom stereocenters. The maximum atomic E-state index is 12.3. The first-order chi connectivity index (χ1) is 9.05. The summed E-state index contributed by atoms with van der Waals surface area (Å²) in [5.74, 6) is -0.324. The lowest BCUT2D eigenvalue weighted by Crippen LogP contribution is -2.36.